The van der Waals surface area contributed by atoms with Gasteiger partial charge in [-0.1, -0.05) is 29.8 Å². The number of nitrogens with two attached hydrogens (primary N) is 1. The van der Waals surface area contributed by atoms with Crippen LogP contribution in [0.4, 0.5) is 23.7 Å². The lowest BCUT2D eigenvalue weighted by atomic mass is 9.93. The van der Waals surface area contributed by atoms with Gasteiger partial charge in [0.1, 0.15) is 6.04 Å². The fourth-order valence-corrected chi connectivity index (χ4v) is 3.50. The highest BCUT2D eigenvalue weighted by Gasteiger charge is 2.37. The lowest BCUT2D eigenvalue weighted by Crippen LogP contribution is -2.54. The van der Waals surface area contributed by atoms with E-state index in [0.29, 0.717) is 16.3 Å². The molecule has 0 saturated carbocycles. The molecule has 28 heavy (non-hydrogen) atoms. The summed E-state index contributed by atoms with van der Waals surface area (Å²) in [5, 5.41) is 2.78. The number of rotatable bonds is 3. The minimum absolute atomic E-state index is 0.208. The van der Waals surface area contributed by atoms with Crippen molar-refractivity contribution in [1.29, 1.82) is 0 Å². The molecule has 0 radical (unpaired) electrons. The summed E-state index contributed by atoms with van der Waals surface area (Å²) in [4.78, 5) is 25.6. The molecule has 0 spiro atoms. The van der Waals surface area contributed by atoms with E-state index in [4.69, 9.17) is 17.3 Å². The largest absolute Gasteiger partial charge is 0.416 e. The van der Waals surface area contributed by atoms with Crippen LogP contribution < -0.4 is 16.0 Å². The van der Waals surface area contributed by atoms with Gasteiger partial charge in [-0.05, 0) is 42.3 Å². The Morgan fingerprint density at radius 1 is 1.29 bits per heavy atom. The van der Waals surface area contributed by atoms with Crippen molar-refractivity contribution in [2.24, 2.45) is 5.73 Å². The third-order valence-corrected chi connectivity index (χ3v) is 4.90. The Morgan fingerprint density at radius 2 is 2.00 bits per heavy atom. The number of hydrogen-bond donors (Lipinski definition) is 2. The predicted octanol–water partition coefficient (Wildman–Crippen LogP) is 4.05. The van der Waals surface area contributed by atoms with Crippen molar-refractivity contribution in [3.05, 3.63) is 64.2 Å². The van der Waals surface area contributed by atoms with Gasteiger partial charge >= 0.3 is 12.2 Å². The summed E-state index contributed by atoms with van der Waals surface area (Å²) in [6.45, 7) is 1.62. The number of anilines is 1. The van der Waals surface area contributed by atoms with Crippen molar-refractivity contribution in [3.63, 3.8) is 0 Å². The number of carbonyl (C=O) groups excluding carboxylic acids is 2. The summed E-state index contributed by atoms with van der Waals surface area (Å²) in [6.07, 6.45) is -4.29. The molecule has 1 aliphatic rings. The molecule has 0 aromatic heterocycles. The van der Waals surface area contributed by atoms with E-state index in [1.807, 2.05) is 0 Å². The Kier molecular flexibility index (Phi) is 5.25. The van der Waals surface area contributed by atoms with E-state index >= 15 is 0 Å². The zero-order valence-corrected chi connectivity index (χ0v) is 15.5. The number of alkyl halides is 3. The van der Waals surface area contributed by atoms with Crippen molar-refractivity contribution in [3.8, 4) is 0 Å². The first kappa shape index (κ1) is 20.0. The maximum atomic E-state index is 13.1. The monoisotopic (exact) mass is 411 g/mol. The van der Waals surface area contributed by atoms with Crippen LogP contribution in [0.15, 0.2) is 42.5 Å². The van der Waals surface area contributed by atoms with Crippen LogP contribution in [0.2, 0.25) is 5.02 Å². The summed E-state index contributed by atoms with van der Waals surface area (Å²) >= 11 is 6.07. The van der Waals surface area contributed by atoms with Crippen LogP contribution in [0, 0.1) is 0 Å². The second-order valence-corrected chi connectivity index (χ2v) is 6.98. The van der Waals surface area contributed by atoms with Gasteiger partial charge in [-0.25, -0.2) is 4.79 Å². The molecule has 0 saturated heterocycles. The van der Waals surface area contributed by atoms with Crippen LogP contribution in [0.1, 0.15) is 29.7 Å². The molecule has 9 heteroatoms. The summed E-state index contributed by atoms with van der Waals surface area (Å²) in [7, 11) is 0. The number of benzene rings is 2. The maximum Gasteiger partial charge on any atom is 0.416 e. The molecule has 1 heterocycles. The first-order chi connectivity index (χ1) is 13.1. The van der Waals surface area contributed by atoms with Gasteiger partial charge in [0.05, 0.1) is 11.6 Å². The predicted molar refractivity (Wildman–Crippen MR) is 99.0 cm³/mol. The number of nitrogens with zero attached hydrogens (tertiary/aromatic N) is 1. The maximum absolute atomic E-state index is 13.1. The van der Waals surface area contributed by atoms with Gasteiger partial charge in [0.2, 0.25) is 0 Å². The standard InChI is InChI=1S/C19H17ClF3N3O2/c1-10(11-3-2-4-13(7-11)19(21,22)23)26-16-9-14(20)6-5-12(16)8-15(17(26)27)25-18(24)28/h2-7,9-10,15H,8H2,1H3,(H3,24,25,28)/t10-,15-/m1/s1. The highest BCUT2D eigenvalue weighted by molar-refractivity contribution is 6.31. The average Bonchev–Trinajstić information content (AvgIpc) is 2.61. The number of urea groups is 1. The molecule has 0 unspecified atom stereocenters. The van der Waals surface area contributed by atoms with Gasteiger partial charge in [0.15, 0.2) is 0 Å². The molecule has 1 aliphatic heterocycles. The molecule has 2 aromatic carbocycles. The van der Waals surface area contributed by atoms with E-state index in [-0.39, 0.29) is 6.42 Å². The Morgan fingerprint density at radius 3 is 2.64 bits per heavy atom. The van der Waals surface area contributed by atoms with Crippen LogP contribution in [0.5, 0.6) is 0 Å². The average molecular weight is 412 g/mol. The van der Waals surface area contributed by atoms with Crippen LogP contribution in [-0.2, 0) is 17.4 Å². The third kappa shape index (κ3) is 3.91. The van der Waals surface area contributed by atoms with Crippen molar-refractivity contribution >= 4 is 29.2 Å². The number of halogens is 4. The smallest absolute Gasteiger partial charge is 0.352 e. The van der Waals surface area contributed by atoms with Crippen molar-refractivity contribution in [2.75, 3.05) is 4.90 Å². The Balaban J connectivity index is 2.06. The Hall–Kier alpha value is -2.74. The first-order valence-corrected chi connectivity index (χ1v) is 8.80. The summed E-state index contributed by atoms with van der Waals surface area (Å²) < 4.78 is 39.3. The number of fused-ring (bicyclic) bond motifs is 1. The molecule has 2 aromatic rings. The van der Waals surface area contributed by atoms with E-state index < -0.39 is 35.8 Å². The number of carbonyl (C=O) groups is 2. The zero-order valence-electron chi connectivity index (χ0n) is 14.8. The summed E-state index contributed by atoms with van der Waals surface area (Å²) in [5.41, 5.74) is 5.87. The van der Waals surface area contributed by atoms with Crippen LogP contribution in [0.25, 0.3) is 0 Å². The minimum Gasteiger partial charge on any atom is -0.352 e. The van der Waals surface area contributed by atoms with Crippen LogP contribution in [0.3, 0.4) is 0 Å². The SMILES string of the molecule is C[C@H](c1cccc(C(F)(F)F)c1)N1C(=O)[C@H](NC(N)=O)Cc2ccc(Cl)cc21. The fourth-order valence-electron chi connectivity index (χ4n) is 3.34. The van der Waals surface area contributed by atoms with E-state index in [2.05, 4.69) is 5.32 Å². The van der Waals surface area contributed by atoms with Gasteiger partial charge in [-0.15, -0.1) is 0 Å². The lowest BCUT2D eigenvalue weighted by molar-refractivity contribution is -0.137. The summed E-state index contributed by atoms with van der Waals surface area (Å²) in [5.74, 6) is -0.474. The quantitative estimate of drug-likeness (QED) is 0.799. The number of nitrogens with one attached hydrogen (secondary N) is 1. The summed E-state index contributed by atoms with van der Waals surface area (Å²) in [6, 6.07) is 7.22. The topological polar surface area (TPSA) is 75.4 Å². The van der Waals surface area contributed by atoms with Gasteiger partial charge in [0.25, 0.3) is 5.91 Å². The molecule has 2 atom stereocenters. The minimum atomic E-state index is -4.50. The number of primary amides is 1. The molecular weight excluding hydrogens is 395 g/mol. The van der Waals surface area contributed by atoms with Gasteiger partial charge in [-0.2, -0.15) is 13.2 Å². The Bertz CT molecular complexity index is 933. The van der Waals surface area contributed by atoms with Crippen molar-refractivity contribution in [1.82, 2.24) is 5.32 Å². The van der Waals surface area contributed by atoms with Gasteiger partial charge in [0, 0.05) is 17.1 Å². The molecule has 3 rings (SSSR count). The van der Waals surface area contributed by atoms with Gasteiger partial charge in [-0.3, -0.25) is 4.79 Å². The van der Waals surface area contributed by atoms with E-state index in [0.717, 1.165) is 17.7 Å². The van der Waals surface area contributed by atoms with E-state index in [1.54, 1.807) is 25.1 Å². The molecule has 3 amide bonds. The zero-order chi connectivity index (χ0) is 20.6. The van der Waals surface area contributed by atoms with Crippen molar-refractivity contribution < 1.29 is 22.8 Å². The molecule has 0 fully saturated rings. The highest BCUT2D eigenvalue weighted by Crippen LogP contribution is 2.38. The van der Waals surface area contributed by atoms with E-state index in [9.17, 15) is 22.8 Å². The molecule has 5 nitrogen and oxygen atoms in total. The second kappa shape index (κ2) is 7.35. The van der Waals surface area contributed by atoms with Crippen LogP contribution in [-0.4, -0.2) is 18.0 Å². The lowest BCUT2D eigenvalue weighted by Gasteiger charge is -2.38. The van der Waals surface area contributed by atoms with E-state index in [1.165, 1.54) is 17.0 Å². The van der Waals surface area contributed by atoms with Crippen LogP contribution >= 0.6 is 11.6 Å². The molecule has 0 bridgehead atoms. The highest BCUT2D eigenvalue weighted by atomic mass is 35.5. The fraction of sp³-hybridized carbons (Fsp3) is 0.263. The Labute approximate surface area is 164 Å². The molecule has 0 aliphatic carbocycles. The second-order valence-electron chi connectivity index (χ2n) is 6.55. The van der Waals surface area contributed by atoms with Crippen molar-refractivity contribution in [2.45, 2.75) is 31.6 Å². The number of amides is 3. The third-order valence-electron chi connectivity index (χ3n) is 4.67. The first-order valence-electron chi connectivity index (χ1n) is 8.42. The molecular formula is C19H17ClF3N3O2. The molecule has 148 valence electrons. The number of hydrogen-bond acceptors (Lipinski definition) is 2. The van der Waals surface area contributed by atoms with Gasteiger partial charge < -0.3 is 16.0 Å². The molecule has 3 N–H and O–H groups in total. The normalized spacial score (nSPS) is 17.8.